The summed E-state index contributed by atoms with van der Waals surface area (Å²) in [6.07, 6.45) is 3.68. The quantitative estimate of drug-likeness (QED) is 0.619. The first-order valence-corrected chi connectivity index (χ1v) is 8.19. The van der Waals surface area contributed by atoms with E-state index in [-0.39, 0.29) is 10.8 Å². The fraction of sp³-hybridized carbons (Fsp3) is 0.550. The number of carbonyl (C=O) groups is 1. The van der Waals surface area contributed by atoms with Gasteiger partial charge >= 0.3 is 0 Å². The first kappa shape index (κ1) is 19.3. The molecule has 3 nitrogen and oxygen atoms in total. The van der Waals surface area contributed by atoms with Crippen molar-refractivity contribution in [3.05, 3.63) is 34.4 Å². The highest BCUT2D eigenvalue weighted by Gasteiger charge is 2.26. The van der Waals surface area contributed by atoms with E-state index in [9.17, 15) is 9.90 Å². The van der Waals surface area contributed by atoms with E-state index in [1.807, 2.05) is 0 Å². The zero-order valence-electron chi connectivity index (χ0n) is 15.6. The molecule has 0 radical (unpaired) electrons. The summed E-state index contributed by atoms with van der Waals surface area (Å²) in [5.41, 5.74) is 3.98. The smallest absolute Gasteiger partial charge is 0.207 e. The van der Waals surface area contributed by atoms with Crippen molar-refractivity contribution in [3.63, 3.8) is 0 Å². The van der Waals surface area contributed by atoms with E-state index in [0.717, 1.165) is 29.5 Å². The topological polar surface area (TPSA) is 49.3 Å². The summed E-state index contributed by atoms with van der Waals surface area (Å²) in [5.74, 6) is 0.405. The molecule has 1 amide bonds. The van der Waals surface area contributed by atoms with Gasteiger partial charge in [-0.1, -0.05) is 53.2 Å². The predicted molar refractivity (Wildman–Crippen MR) is 97.8 cm³/mol. The molecule has 0 atom stereocenters. The maximum Gasteiger partial charge on any atom is 0.207 e. The van der Waals surface area contributed by atoms with E-state index in [4.69, 9.17) is 0 Å². The lowest BCUT2D eigenvalue weighted by atomic mass is 9.78. The molecule has 0 spiro atoms. The van der Waals surface area contributed by atoms with Gasteiger partial charge in [0, 0.05) is 17.7 Å². The first-order valence-electron chi connectivity index (χ1n) is 8.19. The van der Waals surface area contributed by atoms with Crippen molar-refractivity contribution in [1.29, 1.82) is 0 Å². The zero-order valence-corrected chi connectivity index (χ0v) is 15.6. The van der Waals surface area contributed by atoms with Gasteiger partial charge in [-0.25, -0.2) is 0 Å². The average Bonchev–Trinajstić information content (AvgIpc) is 2.38. The lowest BCUT2D eigenvalue weighted by Crippen LogP contribution is -2.17. The number of phenolic OH excluding ortho intramolecular Hbond substituents is 1. The third-order valence-corrected chi connectivity index (χ3v) is 3.91. The molecule has 0 aliphatic heterocycles. The molecule has 0 aliphatic rings. The summed E-state index contributed by atoms with van der Waals surface area (Å²) in [6.45, 7) is 15.4. The molecule has 0 heterocycles. The third-order valence-electron chi connectivity index (χ3n) is 3.91. The maximum atomic E-state index is 10.7. The number of aromatic hydroxyl groups is 1. The molecule has 23 heavy (non-hydrogen) atoms. The number of benzene rings is 1. The molecule has 0 aliphatic carbocycles. The standard InChI is InChI=1S/C20H31NO2/c1-14(8-9-21-13-22)10-15-11-16(19(2,3)4)18(23)17(12-15)20(5,6)7/h10-13,23H,8-9H2,1-7H3,(H,21,22)/b14-10-. The fourth-order valence-electron chi connectivity index (χ4n) is 2.57. The minimum Gasteiger partial charge on any atom is -0.507 e. The summed E-state index contributed by atoms with van der Waals surface area (Å²) >= 11 is 0. The summed E-state index contributed by atoms with van der Waals surface area (Å²) < 4.78 is 0. The van der Waals surface area contributed by atoms with Gasteiger partial charge in [0.1, 0.15) is 5.75 Å². The van der Waals surface area contributed by atoms with Crippen LogP contribution in [0.5, 0.6) is 5.75 Å². The largest absolute Gasteiger partial charge is 0.507 e. The van der Waals surface area contributed by atoms with Gasteiger partial charge in [0.05, 0.1) is 0 Å². The van der Waals surface area contributed by atoms with Crippen LogP contribution in [-0.2, 0) is 15.6 Å². The second-order valence-electron chi connectivity index (χ2n) is 8.28. The van der Waals surface area contributed by atoms with Crippen LogP contribution in [0.1, 0.15) is 71.6 Å². The van der Waals surface area contributed by atoms with Gasteiger partial charge in [-0.15, -0.1) is 0 Å². The molecule has 0 unspecified atom stereocenters. The molecule has 1 rings (SSSR count). The molecule has 2 N–H and O–H groups in total. The van der Waals surface area contributed by atoms with Crippen molar-refractivity contribution in [2.75, 3.05) is 6.54 Å². The van der Waals surface area contributed by atoms with E-state index < -0.39 is 0 Å². The molecule has 128 valence electrons. The van der Waals surface area contributed by atoms with Gasteiger partial charge in [0.25, 0.3) is 0 Å². The molecule has 0 saturated carbocycles. The Morgan fingerprint density at radius 3 is 1.96 bits per heavy atom. The second-order valence-corrected chi connectivity index (χ2v) is 8.28. The number of carbonyl (C=O) groups excluding carboxylic acids is 1. The van der Waals surface area contributed by atoms with E-state index >= 15 is 0 Å². The molecular weight excluding hydrogens is 286 g/mol. The van der Waals surface area contributed by atoms with Gasteiger partial charge < -0.3 is 10.4 Å². The molecule has 0 saturated heterocycles. The maximum absolute atomic E-state index is 10.7. The van der Waals surface area contributed by atoms with Crippen molar-refractivity contribution >= 4 is 12.5 Å². The molecule has 0 fully saturated rings. The molecular formula is C20H31NO2. The van der Waals surface area contributed by atoms with Gasteiger partial charge in [-0.3, -0.25) is 4.79 Å². The Morgan fingerprint density at radius 1 is 1.09 bits per heavy atom. The predicted octanol–water partition coefficient (Wildman–Crippen LogP) is 4.53. The molecule has 0 aromatic heterocycles. The van der Waals surface area contributed by atoms with Crippen LogP contribution in [0, 0.1) is 0 Å². The van der Waals surface area contributed by atoms with Crippen LogP contribution >= 0.6 is 0 Å². The monoisotopic (exact) mass is 317 g/mol. The number of amides is 1. The minimum absolute atomic E-state index is 0.124. The summed E-state index contributed by atoms with van der Waals surface area (Å²) in [6, 6.07) is 4.14. The number of phenols is 1. The van der Waals surface area contributed by atoms with E-state index in [1.165, 1.54) is 5.57 Å². The Kier molecular flexibility index (Phi) is 6.04. The third kappa shape index (κ3) is 5.42. The Labute approximate surface area is 140 Å². The number of hydrogen-bond acceptors (Lipinski definition) is 2. The number of hydrogen-bond donors (Lipinski definition) is 2. The second kappa shape index (κ2) is 7.20. The van der Waals surface area contributed by atoms with Crippen LogP contribution in [0.3, 0.4) is 0 Å². The van der Waals surface area contributed by atoms with Crippen molar-refractivity contribution < 1.29 is 9.90 Å². The SMILES string of the molecule is C/C(=C/c1cc(C(C)(C)C)c(O)c(C(C)(C)C)c1)CCNC=O. The summed E-state index contributed by atoms with van der Waals surface area (Å²) in [7, 11) is 0. The molecule has 3 heteroatoms. The van der Waals surface area contributed by atoms with Gasteiger partial charge in [-0.2, -0.15) is 0 Å². The average molecular weight is 317 g/mol. The van der Waals surface area contributed by atoms with Crippen LogP contribution in [0.4, 0.5) is 0 Å². The molecule has 0 bridgehead atoms. The summed E-state index contributed by atoms with van der Waals surface area (Å²) in [4.78, 5) is 10.3. The van der Waals surface area contributed by atoms with Crippen LogP contribution in [0.25, 0.3) is 6.08 Å². The minimum atomic E-state index is -0.124. The molecule has 1 aromatic rings. The van der Waals surface area contributed by atoms with Crippen molar-refractivity contribution in [3.8, 4) is 5.75 Å². The highest BCUT2D eigenvalue weighted by atomic mass is 16.3. The van der Waals surface area contributed by atoms with Crippen LogP contribution in [0.15, 0.2) is 17.7 Å². The van der Waals surface area contributed by atoms with Crippen LogP contribution < -0.4 is 5.32 Å². The lowest BCUT2D eigenvalue weighted by Gasteiger charge is -2.28. The van der Waals surface area contributed by atoms with Gasteiger partial charge in [0.15, 0.2) is 0 Å². The van der Waals surface area contributed by atoms with Crippen molar-refractivity contribution in [2.45, 2.75) is 65.7 Å². The number of rotatable bonds is 5. The fourth-order valence-corrected chi connectivity index (χ4v) is 2.57. The lowest BCUT2D eigenvalue weighted by molar-refractivity contribution is -0.109. The Morgan fingerprint density at radius 2 is 1.57 bits per heavy atom. The summed E-state index contributed by atoms with van der Waals surface area (Å²) in [5, 5.41) is 13.4. The highest BCUT2D eigenvalue weighted by molar-refractivity contribution is 5.60. The highest BCUT2D eigenvalue weighted by Crippen LogP contribution is 2.40. The van der Waals surface area contributed by atoms with E-state index in [2.05, 4.69) is 72.0 Å². The van der Waals surface area contributed by atoms with Crippen molar-refractivity contribution in [1.82, 2.24) is 5.32 Å². The van der Waals surface area contributed by atoms with E-state index in [1.54, 1.807) is 0 Å². The van der Waals surface area contributed by atoms with Gasteiger partial charge in [0.2, 0.25) is 6.41 Å². The van der Waals surface area contributed by atoms with Crippen LogP contribution in [0.2, 0.25) is 0 Å². The van der Waals surface area contributed by atoms with Crippen LogP contribution in [-0.4, -0.2) is 18.1 Å². The molecule has 1 aromatic carbocycles. The van der Waals surface area contributed by atoms with Crippen molar-refractivity contribution in [2.24, 2.45) is 0 Å². The zero-order chi connectivity index (χ0) is 17.8. The number of nitrogens with one attached hydrogen (secondary N) is 1. The van der Waals surface area contributed by atoms with Gasteiger partial charge in [-0.05, 0) is 41.9 Å². The Bertz CT molecular complexity index is 552. The van der Waals surface area contributed by atoms with E-state index in [0.29, 0.717) is 12.3 Å². The Hall–Kier alpha value is -1.77. The normalized spacial score (nSPS) is 13.1. The Balaban J connectivity index is 3.33. The first-order chi connectivity index (χ1) is 10.5.